The molecule has 0 spiro atoms. The van der Waals surface area contributed by atoms with E-state index < -0.39 is 0 Å². The normalized spacial score (nSPS) is 24.3. The van der Waals surface area contributed by atoms with Gasteiger partial charge in [-0.05, 0) is 37.3 Å². The van der Waals surface area contributed by atoms with Crippen LogP contribution in [0.2, 0.25) is 0 Å². The molecule has 1 saturated heterocycles. The first-order chi connectivity index (χ1) is 8.70. The Bertz CT molecular complexity index is 386. The van der Waals surface area contributed by atoms with Crippen LogP contribution in [-0.4, -0.2) is 30.8 Å². The minimum absolute atomic E-state index is 0.0852. The SMILES string of the molecule is NC1CC(CCCO)CN(c2ccccc2F)C1. The van der Waals surface area contributed by atoms with E-state index >= 15 is 0 Å². The zero-order chi connectivity index (χ0) is 13.0. The Hall–Kier alpha value is -1.13. The molecule has 2 unspecified atom stereocenters. The molecule has 100 valence electrons. The van der Waals surface area contributed by atoms with Crippen LogP contribution in [0.5, 0.6) is 0 Å². The number of piperidine rings is 1. The number of aliphatic hydroxyl groups is 1. The summed E-state index contributed by atoms with van der Waals surface area (Å²) in [6, 6.07) is 6.92. The van der Waals surface area contributed by atoms with Gasteiger partial charge in [-0.2, -0.15) is 0 Å². The summed E-state index contributed by atoms with van der Waals surface area (Å²) in [6.07, 6.45) is 2.71. The van der Waals surface area contributed by atoms with E-state index in [1.165, 1.54) is 6.07 Å². The van der Waals surface area contributed by atoms with Crippen LogP contribution in [0.1, 0.15) is 19.3 Å². The molecule has 4 heteroatoms. The van der Waals surface area contributed by atoms with Crippen molar-refractivity contribution >= 4 is 5.69 Å². The molecule has 3 N–H and O–H groups in total. The van der Waals surface area contributed by atoms with Gasteiger partial charge in [-0.1, -0.05) is 12.1 Å². The summed E-state index contributed by atoms with van der Waals surface area (Å²) < 4.78 is 13.8. The van der Waals surface area contributed by atoms with E-state index in [2.05, 4.69) is 0 Å². The summed E-state index contributed by atoms with van der Waals surface area (Å²) in [4.78, 5) is 2.03. The summed E-state index contributed by atoms with van der Waals surface area (Å²) in [5, 5.41) is 8.88. The summed E-state index contributed by atoms with van der Waals surface area (Å²) in [5.74, 6) is 0.257. The van der Waals surface area contributed by atoms with Crippen molar-refractivity contribution in [3.8, 4) is 0 Å². The molecule has 0 amide bonds. The van der Waals surface area contributed by atoms with Crippen molar-refractivity contribution in [2.45, 2.75) is 25.3 Å². The van der Waals surface area contributed by atoms with Crippen molar-refractivity contribution in [2.24, 2.45) is 11.7 Å². The van der Waals surface area contributed by atoms with E-state index in [4.69, 9.17) is 10.8 Å². The Labute approximate surface area is 107 Å². The third-order valence-electron chi connectivity index (χ3n) is 3.53. The van der Waals surface area contributed by atoms with Crippen molar-refractivity contribution in [2.75, 3.05) is 24.6 Å². The van der Waals surface area contributed by atoms with Crippen LogP contribution in [0.4, 0.5) is 10.1 Å². The molecule has 0 radical (unpaired) electrons. The maximum absolute atomic E-state index is 13.8. The average molecular weight is 252 g/mol. The van der Waals surface area contributed by atoms with Gasteiger partial charge >= 0.3 is 0 Å². The van der Waals surface area contributed by atoms with E-state index in [1.807, 2.05) is 11.0 Å². The zero-order valence-electron chi connectivity index (χ0n) is 10.6. The molecule has 0 aromatic heterocycles. The van der Waals surface area contributed by atoms with Crippen LogP contribution in [0, 0.1) is 11.7 Å². The van der Waals surface area contributed by atoms with Gasteiger partial charge in [-0.15, -0.1) is 0 Å². The number of nitrogens with zero attached hydrogens (tertiary/aromatic N) is 1. The molecular formula is C14H21FN2O. The lowest BCUT2D eigenvalue weighted by Crippen LogP contribution is -2.47. The van der Waals surface area contributed by atoms with Gasteiger partial charge in [0.2, 0.25) is 0 Å². The number of nitrogens with two attached hydrogens (primary N) is 1. The molecule has 1 fully saturated rings. The average Bonchev–Trinajstić information content (AvgIpc) is 2.36. The number of hydrogen-bond donors (Lipinski definition) is 2. The topological polar surface area (TPSA) is 49.5 Å². The van der Waals surface area contributed by atoms with E-state index in [1.54, 1.807) is 12.1 Å². The molecule has 1 aromatic carbocycles. The van der Waals surface area contributed by atoms with Gasteiger partial charge in [0.25, 0.3) is 0 Å². The van der Waals surface area contributed by atoms with E-state index in [9.17, 15) is 4.39 Å². The first-order valence-corrected chi connectivity index (χ1v) is 6.56. The van der Waals surface area contributed by atoms with Crippen molar-refractivity contribution in [3.05, 3.63) is 30.1 Å². The summed E-state index contributed by atoms with van der Waals surface area (Å²) >= 11 is 0. The van der Waals surface area contributed by atoms with Gasteiger partial charge in [-0.25, -0.2) is 4.39 Å². The second-order valence-corrected chi connectivity index (χ2v) is 5.08. The fourth-order valence-electron chi connectivity index (χ4n) is 2.74. The fourth-order valence-corrected chi connectivity index (χ4v) is 2.74. The fraction of sp³-hybridized carbons (Fsp3) is 0.571. The Morgan fingerprint density at radius 2 is 2.11 bits per heavy atom. The van der Waals surface area contributed by atoms with Crippen LogP contribution in [0.15, 0.2) is 24.3 Å². The lowest BCUT2D eigenvalue weighted by atomic mass is 9.90. The number of halogens is 1. The Kier molecular flexibility index (Phi) is 4.55. The maximum Gasteiger partial charge on any atom is 0.146 e. The zero-order valence-corrected chi connectivity index (χ0v) is 10.6. The molecular weight excluding hydrogens is 231 g/mol. The van der Waals surface area contributed by atoms with Gasteiger partial charge < -0.3 is 15.7 Å². The highest BCUT2D eigenvalue weighted by Crippen LogP contribution is 2.27. The van der Waals surface area contributed by atoms with Crippen molar-refractivity contribution in [1.29, 1.82) is 0 Å². The number of aliphatic hydroxyl groups excluding tert-OH is 1. The van der Waals surface area contributed by atoms with Crippen molar-refractivity contribution in [1.82, 2.24) is 0 Å². The van der Waals surface area contributed by atoms with Crippen molar-refractivity contribution < 1.29 is 9.50 Å². The third kappa shape index (κ3) is 3.21. The molecule has 1 aliphatic rings. The Morgan fingerprint density at radius 3 is 2.83 bits per heavy atom. The van der Waals surface area contributed by atoms with Crippen LogP contribution in [-0.2, 0) is 0 Å². The van der Waals surface area contributed by atoms with Gasteiger partial charge in [0, 0.05) is 25.7 Å². The predicted molar refractivity (Wildman–Crippen MR) is 71.0 cm³/mol. The highest BCUT2D eigenvalue weighted by Gasteiger charge is 2.26. The quantitative estimate of drug-likeness (QED) is 0.858. The standard InChI is InChI=1S/C14H21FN2O/c15-13-5-1-2-6-14(13)17-9-11(4-3-7-18)8-12(16)10-17/h1-2,5-6,11-12,18H,3-4,7-10,16H2. The van der Waals surface area contributed by atoms with Crippen LogP contribution >= 0.6 is 0 Å². The molecule has 18 heavy (non-hydrogen) atoms. The molecule has 0 saturated carbocycles. The highest BCUT2D eigenvalue weighted by atomic mass is 19.1. The molecule has 1 aliphatic heterocycles. The van der Waals surface area contributed by atoms with Crippen molar-refractivity contribution in [3.63, 3.8) is 0 Å². The molecule has 1 heterocycles. The summed E-state index contributed by atoms with van der Waals surface area (Å²) in [6.45, 7) is 1.75. The number of anilines is 1. The first kappa shape index (κ1) is 13.3. The number of benzene rings is 1. The molecule has 3 nitrogen and oxygen atoms in total. The van der Waals surface area contributed by atoms with Gasteiger partial charge in [0.1, 0.15) is 5.82 Å². The highest BCUT2D eigenvalue weighted by molar-refractivity contribution is 5.48. The van der Waals surface area contributed by atoms with Gasteiger partial charge in [0.15, 0.2) is 0 Å². The van der Waals surface area contributed by atoms with Crippen LogP contribution in [0.25, 0.3) is 0 Å². The maximum atomic E-state index is 13.8. The van der Waals surface area contributed by atoms with Gasteiger partial charge in [-0.3, -0.25) is 0 Å². The summed E-state index contributed by atoms with van der Waals surface area (Å²) in [5.41, 5.74) is 6.69. The molecule has 1 aromatic rings. The third-order valence-corrected chi connectivity index (χ3v) is 3.53. The summed E-state index contributed by atoms with van der Waals surface area (Å²) in [7, 11) is 0. The van der Waals surface area contributed by atoms with Crippen LogP contribution in [0.3, 0.4) is 0 Å². The Morgan fingerprint density at radius 1 is 1.33 bits per heavy atom. The van der Waals surface area contributed by atoms with Crippen LogP contribution < -0.4 is 10.6 Å². The van der Waals surface area contributed by atoms with E-state index in [-0.39, 0.29) is 18.5 Å². The molecule has 2 rings (SSSR count). The van der Waals surface area contributed by atoms with E-state index in [0.29, 0.717) is 18.2 Å². The lowest BCUT2D eigenvalue weighted by Gasteiger charge is -2.38. The number of hydrogen-bond acceptors (Lipinski definition) is 3. The number of para-hydroxylation sites is 1. The predicted octanol–water partition coefficient (Wildman–Crippen LogP) is 1.75. The minimum Gasteiger partial charge on any atom is -0.396 e. The molecule has 0 bridgehead atoms. The molecule has 0 aliphatic carbocycles. The first-order valence-electron chi connectivity index (χ1n) is 6.56. The Balaban J connectivity index is 2.06. The lowest BCUT2D eigenvalue weighted by molar-refractivity contribution is 0.259. The largest absolute Gasteiger partial charge is 0.396 e. The minimum atomic E-state index is -0.187. The molecule has 2 atom stereocenters. The number of rotatable bonds is 4. The van der Waals surface area contributed by atoms with Gasteiger partial charge in [0.05, 0.1) is 5.69 Å². The van der Waals surface area contributed by atoms with E-state index in [0.717, 1.165) is 25.8 Å². The second kappa shape index (κ2) is 6.16. The monoisotopic (exact) mass is 252 g/mol. The second-order valence-electron chi connectivity index (χ2n) is 5.08. The smallest absolute Gasteiger partial charge is 0.146 e.